The quantitative estimate of drug-likeness (QED) is 0.909. The molecule has 0 amide bonds. The second kappa shape index (κ2) is 5.81. The average Bonchev–Trinajstić information content (AvgIpc) is 2.84. The summed E-state index contributed by atoms with van der Waals surface area (Å²) in [5.74, 6) is 0.886. The predicted molar refractivity (Wildman–Crippen MR) is 77.0 cm³/mol. The van der Waals surface area contributed by atoms with Crippen LogP contribution in [0.4, 0.5) is 5.69 Å². The van der Waals surface area contributed by atoms with Gasteiger partial charge in [-0.05, 0) is 44.0 Å². The molecule has 1 saturated heterocycles. The standard InChI is InChI=1S/C14H21ClN2O/c1-10-7-14(18-3)13(8-12(10)15)17(2)9-11-5-4-6-16-11/h7-8,11,16H,4-6,9H2,1-3H3. The lowest BCUT2D eigenvalue weighted by atomic mass is 10.1. The van der Waals surface area contributed by atoms with E-state index < -0.39 is 0 Å². The van der Waals surface area contributed by atoms with E-state index in [1.807, 2.05) is 19.1 Å². The predicted octanol–water partition coefficient (Wildman–Crippen LogP) is 2.85. The van der Waals surface area contributed by atoms with Gasteiger partial charge in [-0.15, -0.1) is 0 Å². The van der Waals surface area contributed by atoms with E-state index in [1.165, 1.54) is 12.8 Å². The number of hydrogen-bond donors (Lipinski definition) is 1. The molecular weight excluding hydrogens is 248 g/mol. The molecule has 1 heterocycles. The van der Waals surface area contributed by atoms with Crippen LogP contribution in [0.1, 0.15) is 18.4 Å². The Kier molecular flexibility index (Phi) is 4.36. The molecule has 4 heteroatoms. The highest BCUT2D eigenvalue weighted by Crippen LogP contribution is 2.33. The van der Waals surface area contributed by atoms with Crippen LogP contribution in [-0.2, 0) is 0 Å². The van der Waals surface area contributed by atoms with Gasteiger partial charge in [0.1, 0.15) is 5.75 Å². The van der Waals surface area contributed by atoms with Gasteiger partial charge in [-0.2, -0.15) is 0 Å². The van der Waals surface area contributed by atoms with E-state index in [1.54, 1.807) is 7.11 Å². The highest BCUT2D eigenvalue weighted by Gasteiger charge is 2.18. The number of benzene rings is 1. The molecule has 18 heavy (non-hydrogen) atoms. The normalized spacial score (nSPS) is 19.0. The fraction of sp³-hybridized carbons (Fsp3) is 0.571. The largest absolute Gasteiger partial charge is 0.495 e. The van der Waals surface area contributed by atoms with Gasteiger partial charge in [0, 0.05) is 24.7 Å². The van der Waals surface area contributed by atoms with Crippen LogP contribution in [0.3, 0.4) is 0 Å². The van der Waals surface area contributed by atoms with Gasteiger partial charge < -0.3 is 15.0 Å². The van der Waals surface area contributed by atoms with Crippen molar-refractivity contribution < 1.29 is 4.74 Å². The van der Waals surface area contributed by atoms with Crippen molar-refractivity contribution in [1.82, 2.24) is 5.32 Å². The summed E-state index contributed by atoms with van der Waals surface area (Å²) in [4.78, 5) is 2.22. The number of rotatable bonds is 4. The average molecular weight is 269 g/mol. The number of aryl methyl sites for hydroxylation is 1. The van der Waals surface area contributed by atoms with Crippen molar-refractivity contribution in [2.24, 2.45) is 0 Å². The van der Waals surface area contributed by atoms with Crippen LogP contribution in [0.5, 0.6) is 5.75 Å². The fourth-order valence-electron chi connectivity index (χ4n) is 2.45. The van der Waals surface area contributed by atoms with E-state index in [0.717, 1.165) is 35.1 Å². The molecule has 0 aliphatic carbocycles. The van der Waals surface area contributed by atoms with Gasteiger partial charge in [-0.1, -0.05) is 11.6 Å². The Balaban J connectivity index is 2.17. The number of nitrogens with zero attached hydrogens (tertiary/aromatic N) is 1. The topological polar surface area (TPSA) is 24.5 Å². The molecule has 0 aromatic heterocycles. The molecule has 0 radical (unpaired) electrons. The number of methoxy groups -OCH3 is 1. The molecule has 1 N–H and O–H groups in total. The van der Waals surface area contributed by atoms with Crippen LogP contribution in [-0.4, -0.2) is 33.3 Å². The zero-order valence-corrected chi connectivity index (χ0v) is 12.0. The van der Waals surface area contributed by atoms with E-state index >= 15 is 0 Å². The van der Waals surface area contributed by atoms with Crippen LogP contribution in [0.2, 0.25) is 5.02 Å². The SMILES string of the molecule is COc1cc(C)c(Cl)cc1N(C)CC1CCCN1. The van der Waals surface area contributed by atoms with Crippen LogP contribution >= 0.6 is 11.6 Å². The third kappa shape index (κ3) is 2.90. The summed E-state index contributed by atoms with van der Waals surface area (Å²) in [7, 11) is 3.79. The molecular formula is C14H21ClN2O. The number of ether oxygens (including phenoxy) is 1. The minimum Gasteiger partial charge on any atom is -0.495 e. The number of anilines is 1. The van der Waals surface area contributed by atoms with Gasteiger partial charge in [0.15, 0.2) is 0 Å². The number of likely N-dealkylation sites (N-methyl/N-ethyl adjacent to an activating group) is 1. The first-order valence-corrected chi connectivity index (χ1v) is 6.78. The Labute approximate surface area is 114 Å². The van der Waals surface area contributed by atoms with E-state index in [2.05, 4.69) is 17.3 Å². The van der Waals surface area contributed by atoms with E-state index in [9.17, 15) is 0 Å². The fourth-order valence-corrected chi connectivity index (χ4v) is 2.61. The van der Waals surface area contributed by atoms with Crippen LogP contribution in [0, 0.1) is 6.92 Å². The highest BCUT2D eigenvalue weighted by molar-refractivity contribution is 6.31. The third-order valence-corrected chi connectivity index (χ3v) is 3.94. The molecule has 3 nitrogen and oxygen atoms in total. The lowest BCUT2D eigenvalue weighted by Gasteiger charge is -2.25. The minimum absolute atomic E-state index is 0.569. The lowest BCUT2D eigenvalue weighted by molar-refractivity contribution is 0.414. The van der Waals surface area contributed by atoms with Crippen molar-refractivity contribution in [3.63, 3.8) is 0 Å². The van der Waals surface area contributed by atoms with Crippen LogP contribution < -0.4 is 15.0 Å². The number of halogens is 1. The van der Waals surface area contributed by atoms with Crippen molar-refractivity contribution in [3.05, 3.63) is 22.7 Å². The van der Waals surface area contributed by atoms with E-state index in [-0.39, 0.29) is 0 Å². The number of hydrogen-bond acceptors (Lipinski definition) is 3. The summed E-state index contributed by atoms with van der Waals surface area (Å²) < 4.78 is 5.45. The van der Waals surface area contributed by atoms with Crippen molar-refractivity contribution in [2.75, 3.05) is 32.1 Å². The molecule has 0 spiro atoms. The molecule has 1 atom stereocenters. The van der Waals surface area contributed by atoms with Gasteiger partial charge in [0.2, 0.25) is 0 Å². The zero-order valence-electron chi connectivity index (χ0n) is 11.3. The number of nitrogens with one attached hydrogen (secondary N) is 1. The Morgan fingerprint density at radius 2 is 2.28 bits per heavy atom. The molecule has 100 valence electrons. The maximum absolute atomic E-state index is 6.21. The lowest BCUT2D eigenvalue weighted by Crippen LogP contribution is -2.35. The van der Waals surface area contributed by atoms with Gasteiger partial charge in [-0.25, -0.2) is 0 Å². The molecule has 1 unspecified atom stereocenters. The maximum Gasteiger partial charge on any atom is 0.142 e. The molecule has 1 aromatic rings. The second-order valence-corrected chi connectivity index (χ2v) is 5.35. The summed E-state index contributed by atoms with van der Waals surface area (Å²) in [5, 5.41) is 4.29. The van der Waals surface area contributed by atoms with Gasteiger partial charge in [-0.3, -0.25) is 0 Å². The highest BCUT2D eigenvalue weighted by atomic mass is 35.5. The van der Waals surface area contributed by atoms with Crippen LogP contribution in [0.25, 0.3) is 0 Å². The van der Waals surface area contributed by atoms with Crippen LogP contribution in [0.15, 0.2) is 12.1 Å². The van der Waals surface area contributed by atoms with Crippen molar-refractivity contribution in [2.45, 2.75) is 25.8 Å². The van der Waals surface area contributed by atoms with Gasteiger partial charge in [0.25, 0.3) is 0 Å². The Morgan fingerprint density at radius 1 is 1.50 bits per heavy atom. The smallest absolute Gasteiger partial charge is 0.142 e. The molecule has 1 fully saturated rings. The molecule has 1 aliphatic heterocycles. The summed E-state index contributed by atoms with van der Waals surface area (Å²) in [6.07, 6.45) is 2.51. The first kappa shape index (κ1) is 13.5. The van der Waals surface area contributed by atoms with E-state index in [4.69, 9.17) is 16.3 Å². The van der Waals surface area contributed by atoms with E-state index in [0.29, 0.717) is 6.04 Å². The zero-order chi connectivity index (χ0) is 13.1. The Morgan fingerprint density at radius 3 is 2.89 bits per heavy atom. The van der Waals surface area contributed by atoms with Crippen molar-refractivity contribution in [1.29, 1.82) is 0 Å². The summed E-state index contributed by atoms with van der Waals surface area (Å²) >= 11 is 6.21. The molecule has 1 aromatic carbocycles. The summed E-state index contributed by atoms with van der Waals surface area (Å²) in [6, 6.07) is 4.56. The molecule has 2 rings (SSSR count). The van der Waals surface area contributed by atoms with Crippen molar-refractivity contribution >= 4 is 17.3 Å². The monoisotopic (exact) mass is 268 g/mol. The molecule has 0 saturated carbocycles. The van der Waals surface area contributed by atoms with Gasteiger partial charge >= 0.3 is 0 Å². The first-order valence-electron chi connectivity index (χ1n) is 6.40. The summed E-state index contributed by atoms with van der Waals surface area (Å²) in [5.41, 5.74) is 2.10. The first-order chi connectivity index (χ1) is 8.61. The Bertz CT molecular complexity index is 417. The third-order valence-electron chi connectivity index (χ3n) is 3.53. The summed E-state index contributed by atoms with van der Waals surface area (Å²) in [6.45, 7) is 4.10. The maximum atomic E-state index is 6.21. The molecule has 0 bridgehead atoms. The van der Waals surface area contributed by atoms with Gasteiger partial charge in [0.05, 0.1) is 12.8 Å². The Hall–Kier alpha value is -0.930. The van der Waals surface area contributed by atoms with Crippen molar-refractivity contribution in [3.8, 4) is 5.75 Å². The second-order valence-electron chi connectivity index (χ2n) is 4.95. The molecule has 1 aliphatic rings. The minimum atomic E-state index is 0.569.